The Morgan fingerprint density at radius 3 is 2.88 bits per heavy atom. The Bertz CT molecular complexity index is 744. The Balaban J connectivity index is 1.61. The van der Waals surface area contributed by atoms with Crippen molar-refractivity contribution in [3.8, 4) is 0 Å². The van der Waals surface area contributed by atoms with Crippen molar-refractivity contribution in [3.63, 3.8) is 0 Å². The van der Waals surface area contributed by atoms with E-state index >= 15 is 0 Å². The fourth-order valence-electron chi connectivity index (χ4n) is 3.30. The highest BCUT2D eigenvalue weighted by Gasteiger charge is 2.26. The number of nitrogens with zero attached hydrogens (tertiary/aromatic N) is 4. The molecule has 7 nitrogen and oxygen atoms in total. The fraction of sp³-hybridized carbons (Fsp3) is 0.474. The molecule has 0 aliphatic carbocycles. The van der Waals surface area contributed by atoms with Gasteiger partial charge in [0.1, 0.15) is 12.7 Å². The van der Waals surface area contributed by atoms with Gasteiger partial charge < -0.3 is 10.2 Å². The largest absolute Gasteiger partial charge is 0.336 e. The highest BCUT2D eigenvalue weighted by molar-refractivity contribution is 6.03. The van der Waals surface area contributed by atoms with Crippen LogP contribution in [0.5, 0.6) is 0 Å². The van der Waals surface area contributed by atoms with Gasteiger partial charge in [0, 0.05) is 25.6 Å². The zero-order chi connectivity index (χ0) is 18.4. The second kappa shape index (κ2) is 8.60. The summed E-state index contributed by atoms with van der Waals surface area (Å²) in [5.74, 6) is -0.104. The van der Waals surface area contributed by atoms with Crippen molar-refractivity contribution in [2.75, 3.05) is 11.9 Å². The zero-order valence-electron chi connectivity index (χ0n) is 15.1. The number of nitrogens with one attached hydrogen (secondary N) is 1. The van der Waals surface area contributed by atoms with E-state index in [2.05, 4.69) is 22.3 Å². The normalized spacial score (nSPS) is 17.1. The fourth-order valence-corrected chi connectivity index (χ4v) is 3.30. The maximum Gasteiger partial charge on any atom is 0.256 e. The van der Waals surface area contributed by atoms with E-state index in [1.807, 2.05) is 17.0 Å². The Labute approximate surface area is 153 Å². The molecule has 138 valence electrons. The highest BCUT2D eigenvalue weighted by atomic mass is 16.2. The summed E-state index contributed by atoms with van der Waals surface area (Å²) in [5, 5.41) is 6.91. The molecular weight excluding hydrogens is 330 g/mol. The van der Waals surface area contributed by atoms with Crippen molar-refractivity contribution in [2.45, 2.75) is 51.6 Å². The minimum absolute atomic E-state index is 0.00397. The molecule has 2 heterocycles. The van der Waals surface area contributed by atoms with Gasteiger partial charge >= 0.3 is 0 Å². The number of aryl methyl sites for hydroxylation is 1. The number of rotatable bonds is 6. The van der Waals surface area contributed by atoms with Crippen LogP contribution in [0.1, 0.15) is 49.4 Å². The second-order valence-electron chi connectivity index (χ2n) is 6.70. The Kier molecular flexibility index (Phi) is 5.99. The molecule has 0 saturated carbocycles. The van der Waals surface area contributed by atoms with Crippen molar-refractivity contribution >= 4 is 17.5 Å². The average molecular weight is 355 g/mol. The first kappa shape index (κ1) is 18.1. The van der Waals surface area contributed by atoms with Crippen LogP contribution in [0.25, 0.3) is 0 Å². The summed E-state index contributed by atoms with van der Waals surface area (Å²) >= 11 is 0. The molecule has 1 aromatic carbocycles. The third-order valence-electron chi connectivity index (χ3n) is 4.75. The lowest BCUT2D eigenvalue weighted by Gasteiger charge is -2.33. The van der Waals surface area contributed by atoms with Crippen molar-refractivity contribution in [1.82, 2.24) is 19.7 Å². The van der Waals surface area contributed by atoms with Crippen LogP contribution in [0.4, 0.5) is 5.69 Å². The van der Waals surface area contributed by atoms with Crippen LogP contribution in [-0.4, -0.2) is 44.1 Å². The number of piperidine rings is 1. The predicted molar refractivity (Wildman–Crippen MR) is 98.7 cm³/mol. The molecule has 3 rings (SSSR count). The smallest absolute Gasteiger partial charge is 0.256 e. The number of benzene rings is 1. The summed E-state index contributed by atoms with van der Waals surface area (Å²) in [6.07, 6.45) is 7.36. The Morgan fingerprint density at radius 1 is 1.27 bits per heavy atom. The van der Waals surface area contributed by atoms with E-state index in [0.29, 0.717) is 30.6 Å². The lowest BCUT2D eigenvalue weighted by atomic mass is 10.0. The van der Waals surface area contributed by atoms with Crippen LogP contribution in [-0.2, 0) is 11.3 Å². The predicted octanol–water partition coefficient (Wildman–Crippen LogP) is 2.71. The summed E-state index contributed by atoms with van der Waals surface area (Å²) in [6.45, 7) is 3.50. The lowest BCUT2D eigenvalue weighted by Crippen LogP contribution is -2.42. The van der Waals surface area contributed by atoms with E-state index in [9.17, 15) is 9.59 Å². The number of amides is 2. The van der Waals surface area contributed by atoms with E-state index in [-0.39, 0.29) is 17.9 Å². The molecule has 1 unspecified atom stereocenters. The minimum Gasteiger partial charge on any atom is -0.336 e. The van der Waals surface area contributed by atoms with Crippen molar-refractivity contribution in [3.05, 3.63) is 42.5 Å². The molecule has 1 fully saturated rings. The van der Waals surface area contributed by atoms with E-state index in [4.69, 9.17) is 0 Å². The number of likely N-dealkylation sites (tertiary alicyclic amines) is 1. The lowest BCUT2D eigenvalue weighted by molar-refractivity contribution is -0.116. The van der Waals surface area contributed by atoms with Crippen LogP contribution in [0, 0.1) is 0 Å². The average Bonchev–Trinajstić information content (AvgIpc) is 3.15. The number of carbonyl (C=O) groups excluding carboxylic acids is 2. The Hall–Kier alpha value is -2.70. The monoisotopic (exact) mass is 355 g/mol. The maximum atomic E-state index is 12.9. The van der Waals surface area contributed by atoms with Crippen LogP contribution in [0.2, 0.25) is 0 Å². The maximum absolute atomic E-state index is 12.9. The van der Waals surface area contributed by atoms with Gasteiger partial charge in [0.05, 0.1) is 11.3 Å². The first-order valence-corrected chi connectivity index (χ1v) is 9.17. The third kappa shape index (κ3) is 4.47. The molecule has 26 heavy (non-hydrogen) atoms. The topological polar surface area (TPSA) is 80.1 Å². The van der Waals surface area contributed by atoms with Gasteiger partial charge in [0.2, 0.25) is 5.91 Å². The molecule has 1 saturated heterocycles. The molecule has 7 heteroatoms. The highest BCUT2D eigenvalue weighted by Crippen LogP contribution is 2.23. The minimum atomic E-state index is -0.0999. The van der Waals surface area contributed by atoms with E-state index in [1.54, 1.807) is 23.1 Å². The van der Waals surface area contributed by atoms with Gasteiger partial charge in [-0.3, -0.25) is 14.3 Å². The van der Waals surface area contributed by atoms with Gasteiger partial charge in [-0.25, -0.2) is 4.98 Å². The first-order chi connectivity index (χ1) is 12.6. The van der Waals surface area contributed by atoms with Gasteiger partial charge in [-0.05, 0) is 44.7 Å². The van der Waals surface area contributed by atoms with Crippen molar-refractivity contribution in [2.24, 2.45) is 0 Å². The summed E-state index contributed by atoms with van der Waals surface area (Å²) in [7, 11) is 0. The van der Waals surface area contributed by atoms with E-state index in [0.717, 1.165) is 25.8 Å². The van der Waals surface area contributed by atoms with Gasteiger partial charge in [-0.2, -0.15) is 5.10 Å². The molecule has 1 aliphatic heterocycles. The van der Waals surface area contributed by atoms with Crippen LogP contribution < -0.4 is 5.32 Å². The second-order valence-corrected chi connectivity index (χ2v) is 6.70. The molecule has 1 atom stereocenters. The molecule has 1 aliphatic rings. The summed E-state index contributed by atoms with van der Waals surface area (Å²) in [6, 6.07) is 7.48. The number of anilines is 1. The van der Waals surface area contributed by atoms with Gasteiger partial charge in [0.15, 0.2) is 0 Å². The third-order valence-corrected chi connectivity index (χ3v) is 4.75. The Morgan fingerprint density at radius 2 is 2.12 bits per heavy atom. The molecule has 1 aromatic heterocycles. The van der Waals surface area contributed by atoms with E-state index in [1.165, 1.54) is 6.33 Å². The van der Waals surface area contributed by atoms with Crippen LogP contribution in [0.3, 0.4) is 0 Å². The molecule has 1 N–H and O–H groups in total. The molecule has 0 bridgehead atoms. The SMILES string of the molecule is CC1CCCCN1C(=O)c1ccccc1NC(=O)CCCn1cncn1. The summed E-state index contributed by atoms with van der Waals surface area (Å²) in [4.78, 5) is 31.0. The van der Waals surface area contributed by atoms with Crippen LogP contribution >= 0.6 is 0 Å². The standard InChI is InChI=1S/C19H25N5O2/c1-15-7-4-5-12-24(15)19(26)16-8-2-3-9-17(16)22-18(25)10-6-11-23-14-20-13-21-23/h2-3,8-9,13-15H,4-7,10-12H2,1H3,(H,22,25). The molecule has 0 spiro atoms. The van der Waals surface area contributed by atoms with E-state index < -0.39 is 0 Å². The number of aromatic nitrogens is 3. The molecular formula is C19H25N5O2. The van der Waals surface area contributed by atoms with Crippen molar-refractivity contribution in [1.29, 1.82) is 0 Å². The quantitative estimate of drug-likeness (QED) is 0.864. The van der Waals surface area contributed by atoms with Gasteiger partial charge in [-0.15, -0.1) is 0 Å². The first-order valence-electron chi connectivity index (χ1n) is 9.17. The zero-order valence-corrected chi connectivity index (χ0v) is 15.1. The number of para-hydroxylation sites is 1. The molecule has 0 radical (unpaired) electrons. The van der Waals surface area contributed by atoms with Crippen LogP contribution in [0.15, 0.2) is 36.9 Å². The van der Waals surface area contributed by atoms with Gasteiger partial charge in [0.25, 0.3) is 5.91 Å². The van der Waals surface area contributed by atoms with Gasteiger partial charge in [-0.1, -0.05) is 12.1 Å². The summed E-state index contributed by atoms with van der Waals surface area (Å²) < 4.78 is 1.70. The van der Waals surface area contributed by atoms with Crippen molar-refractivity contribution < 1.29 is 9.59 Å². The number of hydrogen-bond donors (Lipinski definition) is 1. The molecule has 2 amide bonds. The number of carbonyl (C=O) groups is 2. The summed E-state index contributed by atoms with van der Waals surface area (Å²) in [5.41, 5.74) is 1.15. The number of hydrogen-bond acceptors (Lipinski definition) is 4. The molecule has 2 aromatic rings.